The zero-order valence-electron chi connectivity index (χ0n) is 19.0. The SMILES string of the molecule is CN(C)C(O)(O)C(O)(O)C(=O)C1c2c(O)c(O)c(O)c(O)c2COc2c(O)c(O)c(CC(=O)O)c(O)c21. The summed E-state index contributed by atoms with van der Waals surface area (Å²) in [7, 11) is 1.82. The molecule has 16 nitrogen and oxygen atoms in total. The maximum absolute atomic E-state index is 13.6. The Morgan fingerprint density at radius 3 is 1.86 bits per heavy atom. The smallest absolute Gasteiger partial charge is 0.308 e. The molecule has 0 aromatic heterocycles. The maximum atomic E-state index is 13.6. The summed E-state index contributed by atoms with van der Waals surface area (Å²) in [6.07, 6.45) is -1.17. The summed E-state index contributed by atoms with van der Waals surface area (Å²) >= 11 is 0. The van der Waals surface area contributed by atoms with E-state index in [1.54, 1.807) is 0 Å². The lowest BCUT2D eigenvalue weighted by molar-refractivity contribution is -0.386. The van der Waals surface area contributed by atoms with Gasteiger partial charge in [0, 0.05) is 11.1 Å². The Labute approximate surface area is 205 Å². The van der Waals surface area contributed by atoms with E-state index < -0.39 is 111 Å². The van der Waals surface area contributed by atoms with E-state index in [1.165, 1.54) is 0 Å². The second-order valence-electron chi connectivity index (χ2n) is 8.41. The van der Waals surface area contributed by atoms with Gasteiger partial charge in [-0.2, -0.15) is 0 Å². The van der Waals surface area contributed by atoms with Crippen molar-refractivity contribution in [1.29, 1.82) is 0 Å². The van der Waals surface area contributed by atoms with Crippen LogP contribution in [0.1, 0.15) is 28.2 Å². The minimum Gasteiger partial charge on any atom is -0.507 e. The van der Waals surface area contributed by atoms with Gasteiger partial charge in [-0.15, -0.1) is 0 Å². The second kappa shape index (κ2) is 8.71. The number of carbonyl (C=O) groups excluding carboxylic acids is 1. The lowest BCUT2D eigenvalue weighted by Gasteiger charge is -2.39. The van der Waals surface area contributed by atoms with Crippen LogP contribution in [0.15, 0.2) is 0 Å². The minimum absolute atomic E-state index is 0.371. The number of hydrogen-bond donors (Lipinski definition) is 12. The molecule has 0 saturated carbocycles. The summed E-state index contributed by atoms with van der Waals surface area (Å²) in [5, 5.41) is 124. The number of fused-ring (bicyclic) bond motifs is 2. The van der Waals surface area contributed by atoms with Crippen LogP contribution in [0, 0.1) is 0 Å². The molecule has 1 atom stereocenters. The third-order valence-electron chi connectivity index (χ3n) is 6.01. The molecular weight excluding hydrogens is 506 g/mol. The van der Waals surface area contributed by atoms with Crippen LogP contribution in [0.3, 0.4) is 0 Å². The van der Waals surface area contributed by atoms with Gasteiger partial charge in [0.15, 0.2) is 23.0 Å². The van der Waals surface area contributed by atoms with E-state index in [0.717, 1.165) is 14.1 Å². The van der Waals surface area contributed by atoms with Crippen molar-refractivity contribution < 1.29 is 75.6 Å². The van der Waals surface area contributed by atoms with Crippen LogP contribution < -0.4 is 4.74 Å². The van der Waals surface area contributed by atoms with Crippen molar-refractivity contribution in [3.05, 3.63) is 22.3 Å². The number of Topliss-reactive ketones (excluding diaryl/α,β-unsaturated/α-hetero) is 1. The van der Waals surface area contributed by atoms with Crippen LogP contribution >= 0.6 is 0 Å². The van der Waals surface area contributed by atoms with Crippen LogP contribution in [0.4, 0.5) is 0 Å². The van der Waals surface area contributed by atoms with E-state index in [1.807, 2.05) is 0 Å². The summed E-state index contributed by atoms with van der Waals surface area (Å²) < 4.78 is 5.25. The number of rotatable bonds is 6. The number of nitrogens with zero attached hydrogens (tertiary/aromatic N) is 1. The number of carbonyl (C=O) groups is 2. The normalized spacial score (nSPS) is 15.5. The fourth-order valence-electron chi connectivity index (χ4n) is 3.94. The minimum atomic E-state index is -4.21. The fourth-order valence-corrected chi connectivity index (χ4v) is 3.94. The molecule has 0 amide bonds. The Hall–Kier alpha value is -4.22. The molecule has 1 unspecified atom stereocenters. The molecule has 3 rings (SSSR count). The van der Waals surface area contributed by atoms with E-state index in [9.17, 15) is 65.8 Å². The van der Waals surface area contributed by atoms with Gasteiger partial charge >= 0.3 is 5.97 Å². The summed E-state index contributed by atoms with van der Waals surface area (Å²) in [6, 6.07) is 0. The molecular formula is C21H23NO15. The van der Waals surface area contributed by atoms with Crippen molar-refractivity contribution in [3.63, 3.8) is 0 Å². The molecule has 0 spiro atoms. The monoisotopic (exact) mass is 529 g/mol. The van der Waals surface area contributed by atoms with Crippen molar-refractivity contribution in [2.45, 2.75) is 30.6 Å². The van der Waals surface area contributed by atoms with Gasteiger partial charge in [-0.1, -0.05) is 0 Å². The molecule has 16 heteroatoms. The van der Waals surface area contributed by atoms with Crippen LogP contribution in [0.5, 0.6) is 46.0 Å². The molecule has 0 radical (unpaired) electrons. The third kappa shape index (κ3) is 3.83. The van der Waals surface area contributed by atoms with Crippen LogP contribution in [0.25, 0.3) is 0 Å². The largest absolute Gasteiger partial charge is 0.507 e. The number of aliphatic carboxylic acids is 1. The lowest BCUT2D eigenvalue weighted by Crippen LogP contribution is -2.67. The molecule has 2 aromatic carbocycles. The Morgan fingerprint density at radius 1 is 0.811 bits per heavy atom. The van der Waals surface area contributed by atoms with Gasteiger partial charge in [0.2, 0.25) is 23.0 Å². The summed E-state index contributed by atoms with van der Waals surface area (Å²) in [4.78, 5) is 25.2. The molecule has 12 N–H and O–H groups in total. The zero-order chi connectivity index (χ0) is 28.4. The Kier molecular flexibility index (Phi) is 6.45. The van der Waals surface area contributed by atoms with Crippen molar-refractivity contribution in [1.82, 2.24) is 4.90 Å². The molecule has 202 valence electrons. The molecule has 1 aliphatic heterocycles. The van der Waals surface area contributed by atoms with Crippen LogP contribution in [0.2, 0.25) is 0 Å². The van der Waals surface area contributed by atoms with Crippen molar-refractivity contribution >= 4 is 11.8 Å². The Bertz CT molecular complexity index is 1310. The van der Waals surface area contributed by atoms with Crippen LogP contribution in [-0.4, -0.2) is 104 Å². The number of phenols is 7. The third-order valence-corrected chi connectivity index (χ3v) is 6.01. The number of likely N-dealkylation sites (N-methyl/N-ethyl adjacent to an activating group) is 1. The van der Waals surface area contributed by atoms with Gasteiger partial charge in [0.1, 0.15) is 12.4 Å². The fraction of sp³-hybridized carbons (Fsp3) is 0.333. The first-order valence-corrected chi connectivity index (χ1v) is 10.1. The topological polar surface area (TPSA) is 289 Å². The van der Waals surface area contributed by atoms with E-state index in [4.69, 9.17) is 9.84 Å². The molecule has 0 bridgehead atoms. The Morgan fingerprint density at radius 2 is 1.35 bits per heavy atom. The highest BCUT2D eigenvalue weighted by Gasteiger charge is 2.59. The van der Waals surface area contributed by atoms with Gasteiger partial charge in [-0.25, -0.2) is 0 Å². The van der Waals surface area contributed by atoms with Gasteiger partial charge < -0.3 is 66.0 Å². The van der Waals surface area contributed by atoms with Crippen molar-refractivity contribution in [2.75, 3.05) is 14.1 Å². The predicted octanol–water partition coefficient (Wildman–Crippen LogP) is -2.27. The van der Waals surface area contributed by atoms with E-state index in [0.29, 0.717) is 4.90 Å². The van der Waals surface area contributed by atoms with Crippen LogP contribution in [-0.2, 0) is 22.6 Å². The van der Waals surface area contributed by atoms with Gasteiger partial charge in [0.25, 0.3) is 11.7 Å². The second-order valence-corrected chi connectivity index (χ2v) is 8.41. The molecule has 37 heavy (non-hydrogen) atoms. The predicted molar refractivity (Wildman–Crippen MR) is 115 cm³/mol. The number of aromatic hydroxyl groups is 7. The number of carboxylic acid groups (broad SMARTS) is 1. The highest BCUT2D eigenvalue weighted by Crippen LogP contribution is 2.59. The first kappa shape index (κ1) is 27.4. The molecule has 2 aromatic rings. The quantitative estimate of drug-likeness (QED) is 0.107. The van der Waals surface area contributed by atoms with Crippen molar-refractivity contribution in [2.24, 2.45) is 0 Å². The number of ketones is 1. The van der Waals surface area contributed by atoms with Crippen molar-refractivity contribution in [3.8, 4) is 46.0 Å². The Balaban J connectivity index is 2.54. The number of aliphatic hydroxyl groups is 4. The lowest BCUT2D eigenvalue weighted by atomic mass is 9.78. The van der Waals surface area contributed by atoms with E-state index >= 15 is 0 Å². The van der Waals surface area contributed by atoms with E-state index in [-0.39, 0.29) is 0 Å². The molecule has 0 saturated heterocycles. The maximum Gasteiger partial charge on any atom is 0.308 e. The molecule has 1 heterocycles. The molecule has 0 aliphatic carbocycles. The van der Waals surface area contributed by atoms with Gasteiger partial charge in [0.05, 0.1) is 23.5 Å². The number of carboxylic acids is 1. The van der Waals surface area contributed by atoms with Gasteiger partial charge in [-0.05, 0) is 14.1 Å². The number of hydrogen-bond acceptors (Lipinski definition) is 15. The molecule has 0 fully saturated rings. The summed E-state index contributed by atoms with van der Waals surface area (Å²) in [5.74, 6) is -24.4. The first-order valence-electron chi connectivity index (χ1n) is 10.1. The highest BCUT2D eigenvalue weighted by molar-refractivity contribution is 5.99. The van der Waals surface area contributed by atoms with Gasteiger partial charge in [-0.3, -0.25) is 14.5 Å². The van der Waals surface area contributed by atoms with E-state index in [2.05, 4.69) is 0 Å². The standard InChI is InChI=1S/C21H23NO15/c1-22(2)21(35,36)20(33,34)19(32)9-8-6(13(27)15(29)16(30)14(8)28)4-37-18-10(9)11(25)5(3-7(23)24)12(26)17(18)31/h9,25-31,33-36H,3-4H2,1-2H3,(H,23,24). The summed E-state index contributed by atoms with van der Waals surface area (Å²) in [6.45, 7) is -0.967. The molecule has 1 aliphatic rings. The number of ether oxygens (including phenoxy) is 1. The number of benzene rings is 2. The number of phenolic OH excluding ortho intramolecular Hbond substituents is 7. The highest BCUT2D eigenvalue weighted by atomic mass is 16.6. The summed E-state index contributed by atoms with van der Waals surface area (Å²) in [5.41, 5.74) is -3.63. The average molecular weight is 529 g/mol. The first-order chi connectivity index (χ1) is 16.9. The average Bonchev–Trinajstić information content (AvgIpc) is 2.99. The zero-order valence-corrected chi connectivity index (χ0v) is 19.0.